The Morgan fingerprint density at radius 3 is 2.38 bits per heavy atom. The third kappa shape index (κ3) is 4.13. The van der Waals surface area contributed by atoms with Gasteiger partial charge in [0.05, 0.1) is 28.1 Å². The van der Waals surface area contributed by atoms with Crippen LogP contribution in [0.1, 0.15) is 15.9 Å². The number of rotatable bonds is 5. The molecule has 0 radical (unpaired) electrons. The molecule has 4 aromatic rings. The molecule has 0 saturated heterocycles. The van der Waals surface area contributed by atoms with Gasteiger partial charge in [-0.1, -0.05) is 54.2 Å². The molecule has 8 heteroatoms. The Kier molecular flexibility index (Phi) is 5.77. The fourth-order valence-electron chi connectivity index (χ4n) is 3.66. The van der Waals surface area contributed by atoms with Crippen LogP contribution in [0, 0.1) is 0 Å². The van der Waals surface area contributed by atoms with Crippen LogP contribution < -0.4 is 4.74 Å². The summed E-state index contributed by atoms with van der Waals surface area (Å²) in [5.74, 6) is 0.358. The van der Waals surface area contributed by atoms with Crippen LogP contribution in [0.3, 0.4) is 0 Å². The highest BCUT2D eigenvalue weighted by Gasteiger charge is 2.27. The van der Waals surface area contributed by atoms with Crippen LogP contribution >= 0.6 is 11.8 Å². The molecule has 5 rings (SSSR count). The van der Waals surface area contributed by atoms with Gasteiger partial charge >= 0.3 is 0 Å². The number of Topliss-reactive ketones (excluding diaryl/α,β-unsaturated/α-hetero) is 1. The number of aromatic nitrogens is 1. The topological polar surface area (TPSA) is 85.7 Å². The Morgan fingerprint density at radius 2 is 1.62 bits per heavy atom. The number of methoxy groups -OCH3 is 1. The summed E-state index contributed by atoms with van der Waals surface area (Å²) in [6.45, 7) is 0. The van der Waals surface area contributed by atoms with Crippen molar-refractivity contribution in [1.29, 1.82) is 0 Å². The van der Waals surface area contributed by atoms with Crippen LogP contribution in [-0.2, 0) is 10.0 Å². The number of allylic oxidation sites excluding steroid dienone is 2. The molecule has 1 heterocycles. The number of ketones is 1. The second-order valence-corrected chi connectivity index (χ2v) is 10.1. The van der Waals surface area contributed by atoms with E-state index in [4.69, 9.17) is 4.74 Å². The largest absolute Gasteiger partial charge is 0.497 e. The molecule has 34 heavy (non-hydrogen) atoms. The molecular formula is C26H18N2O4S2. The minimum atomic E-state index is -4.02. The molecule has 0 spiro atoms. The monoisotopic (exact) mass is 486 g/mol. The van der Waals surface area contributed by atoms with Crippen LogP contribution in [0.4, 0.5) is 0 Å². The van der Waals surface area contributed by atoms with Gasteiger partial charge in [0.25, 0.3) is 10.0 Å². The van der Waals surface area contributed by atoms with Crippen molar-refractivity contribution in [2.75, 3.05) is 7.11 Å². The fourth-order valence-corrected chi connectivity index (χ4v) is 5.68. The average Bonchev–Trinajstić information content (AvgIpc) is 2.87. The van der Waals surface area contributed by atoms with E-state index in [1.807, 2.05) is 30.3 Å². The van der Waals surface area contributed by atoms with Crippen LogP contribution in [0.2, 0.25) is 0 Å². The zero-order valence-electron chi connectivity index (χ0n) is 18.0. The van der Waals surface area contributed by atoms with E-state index in [9.17, 15) is 13.2 Å². The number of pyridine rings is 1. The van der Waals surface area contributed by atoms with Gasteiger partial charge < -0.3 is 4.74 Å². The van der Waals surface area contributed by atoms with Gasteiger partial charge in [0, 0.05) is 27.6 Å². The maximum Gasteiger partial charge on any atom is 0.282 e. The Morgan fingerprint density at radius 1 is 0.882 bits per heavy atom. The summed E-state index contributed by atoms with van der Waals surface area (Å²) in [5, 5.41) is 0.952. The SMILES string of the molecule is COc1ccc(S(=O)(=O)/N=C2/C=C(Sc3cccc4cccnc34)C(=O)c3ccccc32)cc1. The maximum absolute atomic E-state index is 13.3. The highest BCUT2D eigenvalue weighted by atomic mass is 32.2. The first-order valence-electron chi connectivity index (χ1n) is 10.3. The molecule has 0 aliphatic heterocycles. The lowest BCUT2D eigenvalue weighted by molar-refractivity contribution is 0.104. The van der Waals surface area contributed by atoms with Crippen molar-refractivity contribution in [2.24, 2.45) is 4.40 Å². The number of thioether (sulfide) groups is 1. The molecule has 0 fully saturated rings. The summed E-state index contributed by atoms with van der Waals surface area (Å²) in [5.41, 5.74) is 1.86. The van der Waals surface area contributed by atoms with Crippen molar-refractivity contribution in [1.82, 2.24) is 4.98 Å². The van der Waals surface area contributed by atoms with Gasteiger partial charge in [0.1, 0.15) is 5.75 Å². The van der Waals surface area contributed by atoms with Gasteiger partial charge in [0.2, 0.25) is 0 Å². The zero-order valence-corrected chi connectivity index (χ0v) is 19.6. The standard InChI is InChI=1S/C26H18N2O4S2/c1-32-18-11-13-19(14-12-18)34(30,31)28-22-16-24(26(29)21-9-3-2-8-20(21)22)33-23-10-4-6-17-7-5-15-27-25(17)23/h2-16H,1H3/b28-22-. The molecule has 168 valence electrons. The van der Waals surface area contributed by atoms with Crippen molar-refractivity contribution >= 4 is 44.2 Å². The molecule has 1 aliphatic carbocycles. The van der Waals surface area contributed by atoms with E-state index >= 15 is 0 Å². The number of carbonyl (C=O) groups excluding carboxylic acids is 1. The highest BCUT2D eigenvalue weighted by molar-refractivity contribution is 8.04. The first-order chi connectivity index (χ1) is 16.5. The van der Waals surface area contributed by atoms with Gasteiger partial charge in [-0.05, 0) is 42.5 Å². The molecule has 6 nitrogen and oxygen atoms in total. The Bertz CT molecular complexity index is 1590. The summed E-state index contributed by atoms with van der Waals surface area (Å²) >= 11 is 1.25. The van der Waals surface area contributed by atoms with E-state index in [-0.39, 0.29) is 16.4 Å². The number of para-hydroxylation sites is 1. The number of benzene rings is 3. The first kappa shape index (κ1) is 22.1. The summed E-state index contributed by atoms with van der Waals surface area (Å²) in [6.07, 6.45) is 3.24. The number of sulfonamides is 1. The molecule has 0 bridgehead atoms. The summed E-state index contributed by atoms with van der Waals surface area (Å²) in [7, 11) is -2.51. The Hall–Kier alpha value is -3.75. The van der Waals surface area contributed by atoms with Crippen LogP contribution in [0.5, 0.6) is 5.75 Å². The van der Waals surface area contributed by atoms with Crippen molar-refractivity contribution in [3.8, 4) is 5.75 Å². The number of hydrogen-bond acceptors (Lipinski definition) is 6. The third-order valence-corrected chi connectivity index (χ3v) is 7.71. The lowest BCUT2D eigenvalue weighted by Crippen LogP contribution is -2.17. The minimum Gasteiger partial charge on any atom is -0.497 e. The van der Waals surface area contributed by atoms with E-state index < -0.39 is 10.0 Å². The van der Waals surface area contributed by atoms with E-state index in [2.05, 4.69) is 9.38 Å². The van der Waals surface area contributed by atoms with Crippen molar-refractivity contribution in [3.05, 3.63) is 107 Å². The number of nitrogens with zero attached hydrogens (tertiary/aromatic N) is 2. The predicted octanol–water partition coefficient (Wildman–Crippen LogP) is 5.29. The number of fused-ring (bicyclic) bond motifs is 2. The Labute approximate surface area is 201 Å². The van der Waals surface area contributed by atoms with Crippen molar-refractivity contribution in [2.45, 2.75) is 9.79 Å². The lowest BCUT2D eigenvalue weighted by Gasteiger charge is -2.17. The molecule has 0 atom stereocenters. The highest BCUT2D eigenvalue weighted by Crippen LogP contribution is 2.37. The summed E-state index contributed by atoms with van der Waals surface area (Å²) in [4.78, 5) is 18.9. The zero-order chi connectivity index (χ0) is 23.7. The van der Waals surface area contributed by atoms with E-state index in [1.165, 1.54) is 37.1 Å². The molecule has 1 aliphatic rings. The molecule has 0 unspecified atom stereocenters. The van der Waals surface area contributed by atoms with Crippen LogP contribution in [-0.4, -0.2) is 32.0 Å². The van der Waals surface area contributed by atoms with Crippen LogP contribution in [0.25, 0.3) is 10.9 Å². The van der Waals surface area contributed by atoms with Crippen molar-refractivity contribution in [3.63, 3.8) is 0 Å². The fraction of sp³-hybridized carbons (Fsp3) is 0.0385. The molecular weight excluding hydrogens is 468 g/mol. The molecule has 0 saturated carbocycles. The van der Waals surface area contributed by atoms with Gasteiger partial charge in [-0.15, -0.1) is 0 Å². The first-order valence-corrected chi connectivity index (χ1v) is 12.6. The average molecular weight is 487 g/mol. The normalized spacial score (nSPS) is 14.7. The number of carbonyl (C=O) groups is 1. The number of ether oxygens (including phenoxy) is 1. The Balaban J connectivity index is 1.61. The lowest BCUT2D eigenvalue weighted by atomic mass is 9.94. The minimum absolute atomic E-state index is 0.0380. The van der Waals surface area contributed by atoms with Gasteiger partial charge in [-0.2, -0.15) is 12.8 Å². The summed E-state index contributed by atoms with van der Waals surface area (Å²) < 4.78 is 35.4. The predicted molar refractivity (Wildman–Crippen MR) is 133 cm³/mol. The molecule has 0 N–H and O–H groups in total. The van der Waals surface area contributed by atoms with E-state index in [0.717, 1.165) is 15.8 Å². The van der Waals surface area contributed by atoms with Crippen molar-refractivity contribution < 1.29 is 17.9 Å². The third-order valence-electron chi connectivity index (χ3n) is 5.33. The van der Waals surface area contributed by atoms with E-state index in [1.54, 1.807) is 42.6 Å². The van der Waals surface area contributed by atoms with Gasteiger partial charge in [0.15, 0.2) is 5.78 Å². The summed E-state index contributed by atoms with van der Waals surface area (Å²) in [6, 6.07) is 22.4. The molecule has 0 amide bonds. The quantitative estimate of drug-likeness (QED) is 0.381. The maximum atomic E-state index is 13.3. The molecule has 1 aromatic heterocycles. The second-order valence-electron chi connectivity index (χ2n) is 7.44. The molecule has 3 aromatic carbocycles. The second kappa shape index (κ2) is 8.89. The van der Waals surface area contributed by atoms with Gasteiger partial charge in [-0.25, -0.2) is 0 Å². The smallest absolute Gasteiger partial charge is 0.282 e. The number of hydrogen-bond donors (Lipinski definition) is 0. The van der Waals surface area contributed by atoms with E-state index in [0.29, 0.717) is 21.8 Å². The van der Waals surface area contributed by atoms with Gasteiger partial charge in [-0.3, -0.25) is 9.78 Å². The van der Waals surface area contributed by atoms with Crippen LogP contribution in [0.15, 0.2) is 110 Å².